The number of hydrogen-bond donors (Lipinski definition) is 0. The van der Waals surface area contributed by atoms with E-state index in [9.17, 15) is 4.79 Å². The summed E-state index contributed by atoms with van der Waals surface area (Å²) in [6, 6.07) is 11.8. The first-order valence-electron chi connectivity index (χ1n) is 7.27. The van der Waals surface area contributed by atoms with E-state index in [-0.39, 0.29) is 5.78 Å². The minimum atomic E-state index is -0.0310. The topological polar surface area (TPSA) is 42.3 Å². The number of rotatable bonds is 5. The van der Waals surface area contributed by atoms with E-state index in [0.29, 0.717) is 5.69 Å². The summed E-state index contributed by atoms with van der Waals surface area (Å²) >= 11 is 2.36. The van der Waals surface area contributed by atoms with Gasteiger partial charge in [-0.2, -0.15) is 0 Å². The van der Waals surface area contributed by atoms with Crippen LogP contribution in [0.1, 0.15) is 48.1 Å². The summed E-state index contributed by atoms with van der Waals surface area (Å²) in [5.74, 6) is -0.0310. The molecule has 0 aliphatic heterocycles. The Bertz CT molecular complexity index is 701. The molecule has 0 N–H and O–H groups in total. The maximum Gasteiger partial charge on any atom is 0.178 e. The number of Topliss-reactive ketones (excluding diaryl/α,β-unsaturated/α-hetero) is 1. The third-order valence-electron chi connectivity index (χ3n) is 3.49. The van der Waals surface area contributed by atoms with Crippen molar-refractivity contribution in [3.05, 3.63) is 58.9 Å². The third-order valence-corrected chi connectivity index (χ3v) is 4.31. The number of hydrogen-bond acceptors (Lipinski definition) is 3. The minimum absolute atomic E-state index is 0.0310. The maximum absolute atomic E-state index is 11.5. The Morgan fingerprint density at radius 2 is 1.73 bits per heavy atom. The Morgan fingerprint density at radius 3 is 2.36 bits per heavy atom. The van der Waals surface area contributed by atoms with Crippen molar-refractivity contribution in [1.82, 2.24) is 4.98 Å². The van der Waals surface area contributed by atoms with Crippen LogP contribution in [0, 0.1) is 0 Å². The predicted molar refractivity (Wildman–Crippen MR) is 99.7 cm³/mol. The van der Waals surface area contributed by atoms with Crippen molar-refractivity contribution in [2.75, 3.05) is 0 Å². The quantitative estimate of drug-likeness (QED) is 0.306. The molecule has 114 valence electrons. The molecular formula is C18H19IN2O. The number of pyridine rings is 1. The molecular weight excluding hydrogens is 387 g/mol. The van der Waals surface area contributed by atoms with Crippen molar-refractivity contribution >= 4 is 39.8 Å². The predicted octanol–water partition coefficient (Wildman–Crippen LogP) is 4.92. The second-order valence-corrected chi connectivity index (χ2v) is 5.84. The zero-order valence-corrected chi connectivity index (χ0v) is 15.2. The number of alkyl halides is 1. The van der Waals surface area contributed by atoms with Crippen molar-refractivity contribution < 1.29 is 4.79 Å². The lowest BCUT2D eigenvalue weighted by Crippen LogP contribution is -2.04. The number of benzene rings is 1. The fourth-order valence-electron chi connectivity index (χ4n) is 2.24. The van der Waals surface area contributed by atoms with Gasteiger partial charge in [-0.05, 0) is 36.6 Å². The highest BCUT2D eigenvalue weighted by Crippen LogP contribution is 2.28. The highest BCUT2D eigenvalue weighted by Gasteiger charge is 2.09. The Labute approximate surface area is 145 Å². The number of carbonyl (C=O) groups is 1. The van der Waals surface area contributed by atoms with E-state index >= 15 is 0 Å². The zero-order chi connectivity index (χ0) is 16.1. The van der Waals surface area contributed by atoms with E-state index in [1.54, 1.807) is 6.07 Å². The Hall–Kier alpha value is -1.56. The second kappa shape index (κ2) is 7.63. The Morgan fingerprint density at radius 1 is 1.09 bits per heavy atom. The largest absolute Gasteiger partial charge is 0.293 e. The van der Waals surface area contributed by atoms with Crippen LogP contribution in [-0.4, -0.2) is 16.5 Å². The molecule has 2 aromatic rings. The lowest BCUT2D eigenvalue weighted by Gasteiger charge is -2.10. The van der Waals surface area contributed by atoms with Crippen molar-refractivity contribution in [3.63, 3.8) is 0 Å². The van der Waals surface area contributed by atoms with Gasteiger partial charge in [0, 0.05) is 11.4 Å². The molecule has 0 amide bonds. The van der Waals surface area contributed by atoms with Crippen LogP contribution < -0.4 is 0 Å². The molecule has 0 aliphatic carbocycles. The van der Waals surface area contributed by atoms with Crippen molar-refractivity contribution in [1.29, 1.82) is 0 Å². The fraction of sp³-hybridized carbons (Fsp3) is 0.278. The number of para-hydroxylation sites is 1. The van der Waals surface area contributed by atoms with Gasteiger partial charge in [0.15, 0.2) is 5.78 Å². The second-order valence-electron chi connectivity index (χ2n) is 5.07. The number of halogens is 1. The van der Waals surface area contributed by atoms with E-state index in [1.807, 2.05) is 19.1 Å². The smallest absolute Gasteiger partial charge is 0.178 e. The minimum Gasteiger partial charge on any atom is -0.293 e. The number of ketones is 1. The lowest BCUT2D eigenvalue weighted by molar-refractivity contribution is 0.101. The molecule has 0 aliphatic rings. The molecule has 0 atom stereocenters. The Kier molecular flexibility index (Phi) is 5.83. The molecule has 1 aromatic heterocycles. The first-order chi connectivity index (χ1) is 10.6. The first-order valence-corrected chi connectivity index (χ1v) is 8.79. The summed E-state index contributed by atoms with van der Waals surface area (Å²) in [6.45, 7) is 5.60. The zero-order valence-electron chi connectivity index (χ0n) is 13.1. The first kappa shape index (κ1) is 16.8. The highest BCUT2D eigenvalue weighted by molar-refractivity contribution is 14.1. The van der Waals surface area contributed by atoms with Gasteiger partial charge >= 0.3 is 0 Å². The van der Waals surface area contributed by atoms with Crippen LogP contribution in [0.25, 0.3) is 0 Å². The van der Waals surface area contributed by atoms with Crippen molar-refractivity contribution in [2.45, 2.75) is 31.6 Å². The molecule has 0 radical (unpaired) electrons. The van der Waals surface area contributed by atoms with Gasteiger partial charge in [0.1, 0.15) is 5.69 Å². The van der Waals surface area contributed by atoms with E-state index < -0.39 is 0 Å². The average molecular weight is 406 g/mol. The summed E-state index contributed by atoms with van der Waals surface area (Å²) in [5, 5.41) is 0. The number of aliphatic imine (C=N–C) groups is 1. The molecule has 3 nitrogen and oxygen atoms in total. The fourth-order valence-corrected chi connectivity index (χ4v) is 2.85. The van der Waals surface area contributed by atoms with Gasteiger partial charge in [-0.3, -0.25) is 9.79 Å². The lowest BCUT2D eigenvalue weighted by atomic mass is 10.1. The number of carbonyl (C=O) groups excluding carboxylic acids is 1. The van der Waals surface area contributed by atoms with E-state index in [0.717, 1.165) is 27.9 Å². The summed E-state index contributed by atoms with van der Waals surface area (Å²) in [7, 11) is 0. The third kappa shape index (κ3) is 3.80. The van der Waals surface area contributed by atoms with Gasteiger partial charge in [-0.15, -0.1) is 0 Å². The maximum atomic E-state index is 11.5. The Balaban J connectivity index is 2.49. The van der Waals surface area contributed by atoms with Crippen LogP contribution in [0.2, 0.25) is 0 Å². The molecule has 1 heterocycles. The molecule has 0 saturated carbocycles. The van der Waals surface area contributed by atoms with Gasteiger partial charge in [0.25, 0.3) is 0 Å². The molecule has 0 unspecified atom stereocenters. The van der Waals surface area contributed by atoms with Crippen LogP contribution in [0.5, 0.6) is 0 Å². The van der Waals surface area contributed by atoms with Crippen LogP contribution in [0.4, 0.5) is 5.69 Å². The monoisotopic (exact) mass is 406 g/mol. The summed E-state index contributed by atoms with van der Waals surface area (Å²) in [6.07, 6.45) is 0.942. The summed E-state index contributed by atoms with van der Waals surface area (Å²) in [4.78, 5) is 20.7. The van der Waals surface area contributed by atoms with Crippen LogP contribution in [-0.2, 0) is 10.8 Å². The molecule has 0 fully saturated rings. The standard InChI is InChI=1S/C18H19IN2O/c1-4-14-7-5-8-15(11-19)18(14)20-12(2)16-9-6-10-17(21-16)13(3)22/h5-10H,4,11H2,1-3H3. The van der Waals surface area contributed by atoms with Gasteiger partial charge in [-0.1, -0.05) is 53.8 Å². The normalized spacial score (nSPS) is 11.5. The van der Waals surface area contributed by atoms with Gasteiger partial charge in [0.2, 0.25) is 0 Å². The number of aromatic nitrogens is 1. The van der Waals surface area contributed by atoms with E-state index in [4.69, 9.17) is 4.99 Å². The van der Waals surface area contributed by atoms with Crippen LogP contribution in [0.15, 0.2) is 41.4 Å². The van der Waals surface area contributed by atoms with Crippen molar-refractivity contribution in [2.24, 2.45) is 4.99 Å². The van der Waals surface area contributed by atoms with Crippen molar-refractivity contribution in [3.8, 4) is 0 Å². The SMILES string of the molecule is CCc1cccc(CI)c1N=C(C)c1cccc(C(C)=O)n1. The number of aryl methyl sites for hydroxylation is 1. The molecule has 0 bridgehead atoms. The van der Waals surface area contributed by atoms with Gasteiger partial charge < -0.3 is 0 Å². The van der Waals surface area contributed by atoms with Crippen LogP contribution >= 0.6 is 22.6 Å². The van der Waals surface area contributed by atoms with Gasteiger partial charge in [0.05, 0.1) is 17.1 Å². The van der Waals surface area contributed by atoms with E-state index in [2.05, 4.69) is 52.7 Å². The number of nitrogens with zero attached hydrogens (tertiary/aromatic N) is 2. The molecule has 4 heteroatoms. The highest BCUT2D eigenvalue weighted by atomic mass is 127. The summed E-state index contributed by atoms with van der Waals surface area (Å²) < 4.78 is 0.915. The molecule has 2 rings (SSSR count). The average Bonchev–Trinajstić information content (AvgIpc) is 2.55. The van der Waals surface area contributed by atoms with Gasteiger partial charge in [-0.25, -0.2) is 4.98 Å². The molecule has 0 spiro atoms. The van der Waals surface area contributed by atoms with Crippen LogP contribution in [0.3, 0.4) is 0 Å². The molecule has 0 saturated heterocycles. The molecule has 1 aromatic carbocycles. The molecule has 22 heavy (non-hydrogen) atoms. The summed E-state index contributed by atoms with van der Waals surface area (Å²) in [5.41, 5.74) is 5.54. The van der Waals surface area contributed by atoms with E-state index in [1.165, 1.54) is 18.1 Å².